The van der Waals surface area contributed by atoms with Crippen LogP contribution in [0.25, 0.3) is 0 Å². The van der Waals surface area contributed by atoms with Crippen molar-refractivity contribution in [2.45, 2.75) is 32.7 Å². The highest BCUT2D eigenvalue weighted by Crippen LogP contribution is 2.13. The molecule has 1 unspecified atom stereocenters. The molecule has 1 rings (SSSR count). The minimum absolute atomic E-state index is 0.0106. The fraction of sp³-hybridized carbons (Fsp3) is 0.385. The lowest BCUT2D eigenvalue weighted by Gasteiger charge is -2.11. The molecule has 2 N–H and O–H groups in total. The van der Waals surface area contributed by atoms with E-state index in [2.05, 4.69) is 10.6 Å². The van der Waals surface area contributed by atoms with E-state index in [-0.39, 0.29) is 18.2 Å². The van der Waals surface area contributed by atoms with Crippen molar-refractivity contribution >= 4 is 17.5 Å². The highest BCUT2D eigenvalue weighted by Gasteiger charge is 2.12. The van der Waals surface area contributed by atoms with Crippen molar-refractivity contribution in [3.8, 4) is 0 Å². The number of anilines is 1. The van der Waals surface area contributed by atoms with Gasteiger partial charge in [0.15, 0.2) is 11.6 Å². The van der Waals surface area contributed by atoms with Crippen molar-refractivity contribution in [1.82, 2.24) is 5.32 Å². The molecule has 1 atom stereocenters. The summed E-state index contributed by atoms with van der Waals surface area (Å²) in [5, 5.41) is 4.96. The first-order chi connectivity index (χ1) is 8.92. The molecule has 0 aromatic heterocycles. The molecule has 1 aromatic rings. The molecule has 0 aliphatic heterocycles. The Hall–Kier alpha value is -1.98. The summed E-state index contributed by atoms with van der Waals surface area (Å²) in [5.41, 5.74) is 0.111. The van der Waals surface area contributed by atoms with E-state index in [4.69, 9.17) is 0 Å². The molecule has 0 spiro atoms. The zero-order valence-electron chi connectivity index (χ0n) is 10.8. The monoisotopic (exact) mass is 270 g/mol. The molecule has 2 amide bonds. The van der Waals surface area contributed by atoms with Crippen LogP contribution in [0.15, 0.2) is 18.2 Å². The van der Waals surface area contributed by atoms with Gasteiger partial charge in [0.25, 0.3) is 0 Å². The predicted octanol–water partition coefficient (Wildman–Crippen LogP) is 2.21. The quantitative estimate of drug-likeness (QED) is 0.806. The number of halogens is 2. The zero-order chi connectivity index (χ0) is 14.4. The molecule has 0 radical (unpaired) electrons. The molecule has 0 fully saturated rings. The summed E-state index contributed by atoms with van der Waals surface area (Å²) < 4.78 is 25.6. The van der Waals surface area contributed by atoms with E-state index >= 15 is 0 Å². The van der Waals surface area contributed by atoms with Crippen LogP contribution in [-0.2, 0) is 9.59 Å². The lowest BCUT2D eigenvalue weighted by Crippen LogP contribution is -2.34. The summed E-state index contributed by atoms with van der Waals surface area (Å²) in [5.74, 6) is -3.03. The number of carbonyl (C=O) groups excluding carboxylic acids is 2. The molecular weight excluding hydrogens is 254 g/mol. The molecule has 0 aliphatic rings. The van der Waals surface area contributed by atoms with Gasteiger partial charge in [-0.05, 0) is 25.5 Å². The first kappa shape index (κ1) is 15.1. The maximum absolute atomic E-state index is 12.9. The molecule has 0 aliphatic carbocycles. The van der Waals surface area contributed by atoms with E-state index in [0.29, 0.717) is 0 Å². The largest absolute Gasteiger partial charge is 0.353 e. The van der Waals surface area contributed by atoms with E-state index in [0.717, 1.165) is 18.6 Å². The molecule has 1 aromatic carbocycles. The Kier molecular flexibility index (Phi) is 5.41. The van der Waals surface area contributed by atoms with Crippen LogP contribution < -0.4 is 10.6 Å². The fourth-order valence-corrected chi connectivity index (χ4v) is 1.35. The Labute approximate surface area is 110 Å². The van der Waals surface area contributed by atoms with Crippen molar-refractivity contribution in [3.63, 3.8) is 0 Å². The SMILES string of the molecule is CCC(C)NC(=O)CC(=O)Nc1ccc(F)c(F)c1. The highest BCUT2D eigenvalue weighted by atomic mass is 19.2. The molecule has 0 bridgehead atoms. The smallest absolute Gasteiger partial charge is 0.233 e. The van der Waals surface area contributed by atoms with Crippen molar-refractivity contribution in [2.75, 3.05) is 5.32 Å². The first-order valence-electron chi connectivity index (χ1n) is 5.96. The second-order valence-corrected chi connectivity index (χ2v) is 4.23. The van der Waals surface area contributed by atoms with Crippen LogP contribution in [0.4, 0.5) is 14.5 Å². The summed E-state index contributed by atoms with van der Waals surface area (Å²) in [4.78, 5) is 22.9. The van der Waals surface area contributed by atoms with E-state index in [1.54, 1.807) is 0 Å². The van der Waals surface area contributed by atoms with Crippen LogP contribution >= 0.6 is 0 Å². The average molecular weight is 270 g/mol. The topological polar surface area (TPSA) is 58.2 Å². The minimum Gasteiger partial charge on any atom is -0.353 e. The number of amides is 2. The van der Waals surface area contributed by atoms with Gasteiger partial charge in [0, 0.05) is 17.8 Å². The Bertz CT molecular complexity index is 478. The number of hydrogen-bond donors (Lipinski definition) is 2. The summed E-state index contributed by atoms with van der Waals surface area (Å²) in [6.07, 6.45) is 0.403. The van der Waals surface area contributed by atoms with Gasteiger partial charge in [-0.25, -0.2) is 8.78 Å². The lowest BCUT2D eigenvalue weighted by molar-refractivity contribution is -0.127. The third-order valence-electron chi connectivity index (χ3n) is 2.54. The maximum atomic E-state index is 12.9. The normalized spacial score (nSPS) is 11.8. The third-order valence-corrected chi connectivity index (χ3v) is 2.54. The molecular formula is C13H16F2N2O2. The number of hydrogen-bond acceptors (Lipinski definition) is 2. The van der Waals surface area contributed by atoms with Crippen molar-refractivity contribution in [2.24, 2.45) is 0 Å². The molecule has 0 saturated heterocycles. The van der Waals surface area contributed by atoms with Crippen LogP contribution in [0, 0.1) is 11.6 Å². The van der Waals surface area contributed by atoms with E-state index < -0.39 is 23.4 Å². The van der Waals surface area contributed by atoms with Crippen LogP contribution in [0.5, 0.6) is 0 Å². The van der Waals surface area contributed by atoms with Crippen molar-refractivity contribution < 1.29 is 18.4 Å². The van der Waals surface area contributed by atoms with Crippen LogP contribution in [0.1, 0.15) is 26.7 Å². The van der Waals surface area contributed by atoms with Gasteiger partial charge in [0.1, 0.15) is 6.42 Å². The molecule has 104 valence electrons. The number of rotatable bonds is 5. The third kappa shape index (κ3) is 5.03. The standard InChI is InChI=1S/C13H16F2N2O2/c1-3-8(2)16-12(18)7-13(19)17-9-4-5-10(14)11(15)6-9/h4-6,8H,3,7H2,1-2H3,(H,16,18)(H,17,19). The highest BCUT2D eigenvalue weighted by molar-refractivity contribution is 6.03. The Balaban J connectivity index is 2.51. The van der Waals surface area contributed by atoms with Crippen LogP contribution in [0.2, 0.25) is 0 Å². The van der Waals surface area contributed by atoms with Crippen LogP contribution in [-0.4, -0.2) is 17.9 Å². The van der Waals surface area contributed by atoms with Gasteiger partial charge in [0.2, 0.25) is 11.8 Å². The second-order valence-electron chi connectivity index (χ2n) is 4.23. The van der Waals surface area contributed by atoms with E-state index in [1.807, 2.05) is 13.8 Å². The van der Waals surface area contributed by atoms with Gasteiger partial charge in [-0.3, -0.25) is 9.59 Å². The summed E-state index contributed by atoms with van der Waals surface area (Å²) in [6.45, 7) is 3.73. The van der Waals surface area contributed by atoms with Crippen molar-refractivity contribution in [1.29, 1.82) is 0 Å². The Morgan fingerprint density at radius 1 is 1.21 bits per heavy atom. The average Bonchev–Trinajstić information content (AvgIpc) is 2.33. The first-order valence-corrected chi connectivity index (χ1v) is 5.96. The van der Waals surface area contributed by atoms with Gasteiger partial charge in [-0.15, -0.1) is 0 Å². The van der Waals surface area contributed by atoms with Gasteiger partial charge in [-0.1, -0.05) is 6.92 Å². The van der Waals surface area contributed by atoms with Crippen LogP contribution in [0.3, 0.4) is 0 Å². The van der Waals surface area contributed by atoms with E-state index in [9.17, 15) is 18.4 Å². The number of benzene rings is 1. The van der Waals surface area contributed by atoms with Gasteiger partial charge in [0.05, 0.1) is 0 Å². The molecule has 6 heteroatoms. The van der Waals surface area contributed by atoms with Crippen molar-refractivity contribution in [3.05, 3.63) is 29.8 Å². The van der Waals surface area contributed by atoms with Gasteiger partial charge in [-0.2, -0.15) is 0 Å². The van der Waals surface area contributed by atoms with Gasteiger partial charge < -0.3 is 10.6 Å². The number of carbonyl (C=O) groups is 2. The predicted molar refractivity (Wildman–Crippen MR) is 67.5 cm³/mol. The number of nitrogens with one attached hydrogen (secondary N) is 2. The zero-order valence-corrected chi connectivity index (χ0v) is 10.8. The molecule has 0 saturated carbocycles. The Morgan fingerprint density at radius 2 is 1.89 bits per heavy atom. The second kappa shape index (κ2) is 6.82. The summed E-state index contributed by atoms with van der Waals surface area (Å²) in [6, 6.07) is 2.98. The van der Waals surface area contributed by atoms with E-state index in [1.165, 1.54) is 6.07 Å². The van der Waals surface area contributed by atoms with Gasteiger partial charge >= 0.3 is 0 Å². The summed E-state index contributed by atoms with van der Waals surface area (Å²) in [7, 11) is 0. The lowest BCUT2D eigenvalue weighted by atomic mass is 10.2. The fourth-order valence-electron chi connectivity index (χ4n) is 1.35. The molecule has 0 heterocycles. The Morgan fingerprint density at radius 3 is 2.47 bits per heavy atom. The molecule has 4 nitrogen and oxygen atoms in total. The molecule has 19 heavy (non-hydrogen) atoms. The maximum Gasteiger partial charge on any atom is 0.233 e. The minimum atomic E-state index is -1.05. The summed E-state index contributed by atoms with van der Waals surface area (Å²) >= 11 is 0.